The number of aliphatic hydroxyl groups is 3. The lowest BCUT2D eigenvalue weighted by molar-refractivity contribution is 0.0690. The van der Waals surface area contributed by atoms with Gasteiger partial charge in [-0.1, -0.05) is 0 Å². The number of hydrogen-bond acceptors (Lipinski definition) is 8. The van der Waals surface area contributed by atoms with Crippen molar-refractivity contribution in [2.45, 2.75) is 18.9 Å². The first-order valence-corrected chi connectivity index (χ1v) is 8.56. The highest BCUT2D eigenvalue weighted by Gasteiger charge is 2.27. The molecule has 0 heterocycles. The van der Waals surface area contributed by atoms with Crippen LogP contribution in [0.5, 0.6) is 0 Å². The molecule has 0 radical (unpaired) electrons. The fourth-order valence-electron chi connectivity index (χ4n) is 2.53. The minimum absolute atomic E-state index is 0.103. The van der Waals surface area contributed by atoms with Crippen molar-refractivity contribution < 1.29 is 52.3 Å². The van der Waals surface area contributed by atoms with Gasteiger partial charge in [0.2, 0.25) is 0 Å². The highest BCUT2D eigenvalue weighted by molar-refractivity contribution is 7.80. The summed E-state index contributed by atoms with van der Waals surface area (Å²) in [4.78, 5) is 23.2. The summed E-state index contributed by atoms with van der Waals surface area (Å²) in [6.07, 6.45) is -2.35. The molecule has 1 aromatic carbocycles. The van der Waals surface area contributed by atoms with Gasteiger partial charge in [0.15, 0.2) is 0 Å². The van der Waals surface area contributed by atoms with Crippen molar-refractivity contribution >= 4 is 22.3 Å². The van der Waals surface area contributed by atoms with Crippen molar-refractivity contribution in [1.29, 1.82) is 0 Å². The average molecular weight is 394 g/mol. The molecule has 0 bridgehead atoms. The molecule has 146 valence electrons. The number of carbonyl (C=O) groups is 2. The summed E-state index contributed by atoms with van der Waals surface area (Å²) < 4.78 is 33.9. The largest absolute Gasteiger partial charge is 0.478 e. The third-order valence-corrected chi connectivity index (χ3v) is 3.96. The monoisotopic (exact) mass is 394 g/mol. The summed E-state index contributed by atoms with van der Waals surface area (Å²) in [5.41, 5.74) is -1.71. The van der Waals surface area contributed by atoms with Crippen LogP contribution in [0.4, 0.5) is 0 Å². The van der Waals surface area contributed by atoms with E-state index in [1.54, 1.807) is 0 Å². The van der Waals surface area contributed by atoms with Gasteiger partial charge in [0.05, 0.1) is 24.3 Å². The van der Waals surface area contributed by atoms with Gasteiger partial charge in [0.1, 0.15) is 6.10 Å². The van der Waals surface area contributed by atoms with Crippen molar-refractivity contribution in [2.24, 2.45) is 0 Å². The molecule has 0 aliphatic heterocycles. The zero-order chi connectivity index (χ0) is 20.1. The van der Waals surface area contributed by atoms with Gasteiger partial charge in [-0.25, -0.2) is 13.8 Å². The molecule has 1 atom stereocenters. The molecule has 0 fully saturated rings. The van der Waals surface area contributed by atoms with Crippen molar-refractivity contribution in [1.82, 2.24) is 0 Å². The molecule has 0 saturated carbocycles. The highest BCUT2D eigenvalue weighted by atomic mass is 32.3. The Labute approximate surface area is 148 Å². The number of hydrogen-bond donors (Lipinski definition) is 6. The summed E-state index contributed by atoms with van der Waals surface area (Å²) in [5.74, 6) is -3.14. The Hall–Kier alpha value is -2.09. The fraction of sp³-hybridized carbons (Fsp3) is 0.429. The third-order valence-electron chi connectivity index (χ3n) is 3.50. The van der Waals surface area contributed by atoms with Crippen molar-refractivity contribution in [3.05, 3.63) is 33.9 Å². The second-order valence-corrected chi connectivity index (χ2v) is 6.22. The van der Waals surface area contributed by atoms with E-state index in [4.69, 9.17) is 14.8 Å². The highest BCUT2D eigenvalue weighted by Crippen LogP contribution is 2.29. The van der Waals surface area contributed by atoms with Crippen LogP contribution in [0.2, 0.25) is 0 Å². The minimum atomic E-state index is -4.81. The normalized spacial score (nSPS) is 12.8. The second-order valence-electron chi connectivity index (χ2n) is 5.13. The molecule has 11 nitrogen and oxygen atoms in total. The molecule has 12 heteroatoms. The van der Waals surface area contributed by atoms with Gasteiger partial charge in [-0.05, 0) is 35.6 Å². The Kier molecular flexibility index (Phi) is 7.62. The number of carboxylic acids is 2. The van der Waals surface area contributed by atoms with Crippen molar-refractivity contribution in [3.63, 3.8) is 0 Å². The molecule has 0 spiro atoms. The number of rotatable bonds is 10. The lowest BCUT2D eigenvalue weighted by Crippen LogP contribution is -2.20. The number of carboxylic acid groups (broad SMARTS) is 2. The smallest absolute Gasteiger partial charge is 0.397 e. The molecule has 1 unspecified atom stereocenters. The predicted octanol–water partition coefficient (Wildman–Crippen LogP) is -0.995. The van der Waals surface area contributed by atoms with Gasteiger partial charge in [0, 0.05) is 6.61 Å². The van der Waals surface area contributed by atoms with E-state index in [0.717, 1.165) is 6.07 Å². The Balaban J connectivity index is 3.64. The van der Waals surface area contributed by atoms with Crippen molar-refractivity contribution in [3.8, 4) is 0 Å². The third kappa shape index (κ3) is 5.45. The van der Waals surface area contributed by atoms with E-state index >= 15 is 0 Å². The van der Waals surface area contributed by atoms with E-state index in [-0.39, 0.29) is 23.1 Å². The topological polar surface area (TPSA) is 199 Å². The first-order chi connectivity index (χ1) is 12.0. The first kappa shape index (κ1) is 22.0. The molecule has 0 aliphatic rings. The van der Waals surface area contributed by atoms with Gasteiger partial charge in [-0.2, -0.15) is 8.42 Å². The van der Waals surface area contributed by atoms with E-state index in [1.807, 2.05) is 0 Å². The zero-order valence-electron chi connectivity index (χ0n) is 13.3. The van der Waals surface area contributed by atoms with Crippen LogP contribution in [0, 0.1) is 0 Å². The maximum atomic E-state index is 11.7. The van der Waals surface area contributed by atoms with E-state index in [2.05, 4.69) is 4.18 Å². The van der Waals surface area contributed by atoms with Crippen LogP contribution in [0.3, 0.4) is 0 Å². The Bertz CT molecular complexity index is 785. The molecular weight excluding hydrogens is 376 g/mol. The summed E-state index contributed by atoms with van der Waals surface area (Å²) in [7, 11) is -4.81. The Morgan fingerprint density at radius 1 is 1.08 bits per heavy atom. The van der Waals surface area contributed by atoms with Gasteiger partial charge < -0.3 is 25.5 Å². The maximum absolute atomic E-state index is 11.7. The van der Waals surface area contributed by atoms with Gasteiger partial charge in [-0.3, -0.25) is 4.55 Å². The number of aliphatic hydroxyl groups excluding tert-OH is 3. The molecule has 6 N–H and O–H groups in total. The van der Waals surface area contributed by atoms with Crippen LogP contribution in [0.1, 0.15) is 43.5 Å². The number of aromatic carboxylic acids is 2. The average Bonchev–Trinajstić information content (AvgIpc) is 2.52. The van der Waals surface area contributed by atoms with Crippen LogP contribution in [0.15, 0.2) is 6.07 Å². The second kappa shape index (κ2) is 9.02. The summed E-state index contributed by atoms with van der Waals surface area (Å²) in [6, 6.07) is 0.948. The summed E-state index contributed by atoms with van der Waals surface area (Å²) in [6.45, 7) is -2.08. The predicted molar refractivity (Wildman–Crippen MR) is 84.4 cm³/mol. The Morgan fingerprint density at radius 3 is 2.12 bits per heavy atom. The van der Waals surface area contributed by atoms with E-state index < -0.39 is 65.8 Å². The van der Waals surface area contributed by atoms with Gasteiger partial charge in [-0.15, -0.1) is 0 Å². The quantitative estimate of drug-likeness (QED) is 0.266. The molecule has 26 heavy (non-hydrogen) atoms. The van der Waals surface area contributed by atoms with Crippen LogP contribution in [-0.2, 0) is 27.4 Å². The standard InChI is InChI=1S/C14H18O11S/c15-3-1-7-9(11(17)6-16)5-10(13(18)19)8(12(7)14(20)21)2-4-25-26(22,23)24/h5,11,15-17H,1-4,6H2,(H,18,19)(H,20,21)(H,22,23,24). The van der Waals surface area contributed by atoms with Crippen LogP contribution in [-0.4, -0.2) is 70.3 Å². The summed E-state index contributed by atoms with van der Waals surface area (Å²) >= 11 is 0. The molecule has 0 aromatic heterocycles. The van der Waals surface area contributed by atoms with Crippen LogP contribution < -0.4 is 0 Å². The molecule has 0 aliphatic carbocycles. The molecule has 1 aromatic rings. The van der Waals surface area contributed by atoms with Crippen LogP contribution in [0.25, 0.3) is 0 Å². The van der Waals surface area contributed by atoms with Gasteiger partial charge >= 0.3 is 22.3 Å². The van der Waals surface area contributed by atoms with Crippen LogP contribution >= 0.6 is 0 Å². The SMILES string of the molecule is O=C(O)c1cc(C(O)CO)c(CCO)c(C(=O)O)c1CCOS(=O)(=O)O. The van der Waals surface area contributed by atoms with E-state index in [9.17, 15) is 33.3 Å². The van der Waals surface area contributed by atoms with Crippen molar-refractivity contribution in [2.75, 3.05) is 19.8 Å². The van der Waals surface area contributed by atoms with Gasteiger partial charge in [0.25, 0.3) is 0 Å². The molecular formula is C14H18O11S. The maximum Gasteiger partial charge on any atom is 0.397 e. The molecule has 0 amide bonds. The molecule has 1 rings (SSSR count). The summed E-state index contributed by atoms with van der Waals surface area (Å²) in [5, 5.41) is 47.0. The van der Waals surface area contributed by atoms with E-state index in [1.165, 1.54) is 0 Å². The fourth-order valence-corrected chi connectivity index (χ4v) is 2.82. The first-order valence-electron chi connectivity index (χ1n) is 7.20. The Morgan fingerprint density at radius 2 is 1.69 bits per heavy atom. The van der Waals surface area contributed by atoms with E-state index in [0.29, 0.717) is 0 Å². The zero-order valence-corrected chi connectivity index (χ0v) is 14.1. The molecule has 0 saturated heterocycles. The lowest BCUT2D eigenvalue weighted by Gasteiger charge is -2.20. The lowest BCUT2D eigenvalue weighted by atomic mass is 9.86. The number of benzene rings is 1. The minimum Gasteiger partial charge on any atom is -0.478 e.